The van der Waals surface area contributed by atoms with Gasteiger partial charge in [0.25, 0.3) is 0 Å². The molecule has 3 heterocycles. The molecule has 0 spiro atoms. The Kier molecular flexibility index (Phi) is 5.58. The Hall–Kier alpha value is -5.09. The SMILES string of the molecule is CC1(C)c2ccccc2-n2c1c(-c1cccc(-c3nc(C4=CC=CCC4)nc(-c4ccccc4)n3)c1)c1ccccc12. The van der Waals surface area contributed by atoms with Gasteiger partial charge < -0.3 is 4.57 Å². The second-order valence-electron chi connectivity index (χ2n) is 11.6. The molecular formula is C38H30N4. The Labute approximate surface area is 245 Å². The number of aromatic nitrogens is 4. The monoisotopic (exact) mass is 542 g/mol. The first-order valence-corrected chi connectivity index (χ1v) is 14.6. The van der Waals surface area contributed by atoms with E-state index in [1.807, 2.05) is 18.2 Å². The van der Waals surface area contributed by atoms with Crippen LogP contribution in [0.25, 0.3) is 56.1 Å². The van der Waals surface area contributed by atoms with Crippen LogP contribution in [0, 0.1) is 0 Å². The van der Waals surface area contributed by atoms with Crippen molar-refractivity contribution < 1.29 is 0 Å². The lowest BCUT2D eigenvalue weighted by Crippen LogP contribution is -2.16. The average molecular weight is 543 g/mol. The summed E-state index contributed by atoms with van der Waals surface area (Å²) in [6.45, 7) is 4.68. The van der Waals surface area contributed by atoms with Gasteiger partial charge in [0.15, 0.2) is 17.5 Å². The maximum absolute atomic E-state index is 5.04. The summed E-state index contributed by atoms with van der Waals surface area (Å²) in [6.07, 6.45) is 8.34. The Morgan fingerprint density at radius 2 is 1.36 bits per heavy atom. The van der Waals surface area contributed by atoms with Gasteiger partial charge in [0.1, 0.15) is 0 Å². The highest BCUT2D eigenvalue weighted by Gasteiger charge is 2.40. The van der Waals surface area contributed by atoms with Crippen molar-refractivity contribution in [3.05, 3.63) is 138 Å². The van der Waals surface area contributed by atoms with Crippen molar-refractivity contribution >= 4 is 16.5 Å². The predicted molar refractivity (Wildman–Crippen MR) is 171 cm³/mol. The summed E-state index contributed by atoms with van der Waals surface area (Å²) in [5.74, 6) is 2.14. The standard InChI is InChI=1S/C38H30N4/c1-38(2)30-21-10-12-23-32(30)42-31-22-11-9-20-29(31)33(34(38)42)27-18-13-19-28(24-27)37-40-35(25-14-5-3-6-15-25)39-36(41-37)26-16-7-4-8-17-26/h3-7,9-16,18-24H,8,17H2,1-2H3. The molecule has 0 radical (unpaired) electrons. The molecule has 0 fully saturated rings. The Morgan fingerprint density at radius 1 is 0.667 bits per heavy atom. The molecule has 0 amide bonds. The number of allylic oxidation sites excluding steroid dienone is 4. The van der Waals surface area contributed by atoms with Crippen LogP contribution in [-0.4, -0.2) is 19.5 Å². The molecule has 0 bridgehead atoms. The van der Waals surface area contributed by atoms with E-state index in [9.17, 15) is 0 Å². The molecule has 0 unspecified atom stereocenters. The summed E-state index contributed by atoms with van der Waals surface area (Å²) in [4.78, 5) is 15.0. The minimum Gasteiger partial charge on any atom is -0.312 e. The van der Waals surface area contributed by atoms with Crippen LogP contribution in [0.5, 0.6) is 0 Å². The minimum absolute atomic E-state index is 0.150. The zero-order valence-electron chi connectivity index (χ0n) is 23.8. The van der Waals surface area contributed by atoms with E-state index in [1.165, 1.54) is 39.0 Å². The molecule has 1 aliphatic heterocycles. The number of para-hydroxylation sites is 2. The number of nitrogens with zero attached hydrogens (tertiary/aromatic N) is 4. The molecule has 4 nitrogen and oxygen atoms in total. The van der Waals surface area contributed by atoms with Gasteiger partial charge in [-0.2, -0.15) is 0 Å². The zero-order chi connectivity index (χ0) is 28.3. The van der Waals surface area contributed by atoms with Gasteiger partial charge in [-0.25, -0.2) is 15.0 Å². The molecule has 6 aromatic rings. The van der Waals surface area contributed by atoms with Crippen molar-refractivity contribution in [1.82, 2.24) is 19.5 Å². The second kappa shape index (κ2) is 9.49. The van der Waals surface area contributed by atoms with Crippen LogP contribution >= 0.6 is 0 Å². The van der Waals surface area contributed by atoms with Crippen LogP contribution < -0.4 is 0 Å². The van der Waals surface area contributed by atoms with E-state index in [0.29, 0.717) is 11.6 Å². The summed E-state index contributed by atoms with van der Waals surface area (Å²) in [5.41, 5.74) is 10.6. The second-order valence-corrected chi connectivity index (χ2v) is 11.6. The molecule has 202 valence electrons. The fourth-order valence-corrected chi connectivity index (χ4v) is 6.67. The molecule has 0 N–H and O–H groups in total. The van der Waals surface area contributed by atoms with E-state index in [0.717, 1.165) is 35.4 Å². The fraction of sp³-hybridized carbons (Fsp3) is 0.132. The van der Waals surface area contributed by atoms with Crippen molar-refractivity contribution in [2.75, 3.05) is 0 Å². The predicted octanol–water partition coefficient (Wildman–Crippen LogP) is 9.19. The molecule has 2 aromatic heterocycles. The van der Waals surface area contributed by atoms with Gasteiger partial charge in [-0.3, -0.25) is 0 Å². The molecule has 4 aromatic carbocycles. The molecule has 0 saturated heterocycles. The zero-order valence-corrected chi connectivity index (χ0v) is 23.8. The first-order valence-electron chi connectivity index (χ1n) is 14.6. The molecule has 1 aliphatic carbocycles. The van der Waals surface area contributed by atoms with Crippen molar-refractivity contribution in [2.24, 2.45) is 0 Å². The lowest BCUT2D eigenvalue weighted by molar-refractivity contribution is 0.646. The molecule has 42 heavy (non-hydrogen) atoms. The summed E-state index contributed by atoms with van der Waals surface area (Å²) in [7, 11) is 0. The summed E-state index contributed by atoms with van der Waals surface area (Å²) < 4.78 is 2.46. The van der Waals surface area contributed by atoms with Crippen LogP contribution in [0.4, 0.5) is 0 Å². The number of hydrogen-bond acceptors (Lipinski definition) is 3. The van der Waals surface area contributed by atoms with Gasteiger partial charge in [-0.15, -0.1) is 0 Å². The Bertz CT molecular complexity index is 2060. The van der Waals surface area contributed by atoms with E-state index in [1.54, 1.807) is 0 Å². The van der Waals surface area contributed by atoms with Gasteiger partial charge in [0, 0.05) is 33.2 Å². The maximum atomic E-state index is 5.04. The highest BCUT2D eigenvalue weighted by Crippen LogP contribution is 2.51. The van der Waals surface area contributed by atoms with E-state index < -0.39 is 0 Å². The molecule has 0 saturated carbocycles. The average Bonchev–Trinajstić information content (AvgIpc) is 3.52. The Morgan fingerprint density at radius 3 is 2.19 bits per heavy atom. The third-order valence-corrected chi connectivity index (χ3v) is 8.66. The van der Waals surface area contributed by atoms with Crippen molar-refractivity contribution in [3.8, 4) is 39.6 Å². The summed E-state index contributed by atoms with van der Waals surface area (Å²) in [6, 6.07) is 36.5. The number of hydrogen-bond donors (Lipinski definition) is 0. The highest BCUT2D eigenvalue weighted by molar-refractivity contribution is 6.01. The van der Waals surface area contributed by atoms with Crippen LogP contribution in [0.2, 0.25) is 0 Å². The van der Waals surface area contributed by atoms with Crippen LogP contribution in [-0.2, 0) is 5.41 Å². The topological polar surface area (TPSA) is 43.6 Å². The largest absolute Gasteiger partial charge is 0.312 e. The fourth-order valence-electron chi connectivity index (χ4n) is 6.67. The molecule has 0 atom stereocenters. The van der Waals surface area contributed by atoms with Crippen molar-refractivity contribution in [2.45, 2.75) is 32.1 Å². The van der Waals surface area contributed by atoms with Crippen LogP contribution in [0.1, 0.15) is 43.8 Å². The normalized spacial score (nSPS) is 15.0. The molecule has 2 aliphatic rings. The number of benzene rings is 4. The smallest absolute Gasteiger partial charge is 0.164 e. The van der Waals surface area contributed by atoms with Gasteiger partial charge in [-0.1, -0.05) is 117 Å². The van der Waals surface area contributed by atoms with Crippen molar-refractivity contribution in [1.29, 1.82) is 0 Å². The van der Waals surface area contributed by atoms with Crippen LogP contribution in [0.15, 0.2) is 121 Å². The lowest BCUT2D eigenvalue weighted by Gasteiger charge is -2.21. The third kappa shape index (κ3) is 3.79. The van der Waals surface area contributed by atoms with Gasteiger partial charge in [0.05, 0.1) is 11.2 Å². The van der Waals surface area contributed by atoms with E-state index in [-0.39, 0.29) is 5.41 Å². The quantitative estimate of drug-likeness (QED) is 0.223. The first-order chi connectivity index (χ1) is 20.6. The van der Waals surface area contributed by atoms with E-state index >= 15 is 0 Å². The highest BCUT2D eigenvalue weighted by atomic mass is 15.0. The maximum Gasteiger partial charge on any atom is 0.164 e. The van der Waals surface area contributed by atoms with Gasteiger partial charge in [-0.05, 0) is 47.7 Å². The first kappa shape index (κ1) is 24.7. The number of rotatable bonds is 4. The lowest BCUT2D eigenvalue weighted by atomic mass is 9.80. The molecular weight excluding hydrogens is 512 g/mol. The summed E-state index contributed by atoms with van der Waals surface area (Å²) >= 11 is 0. The van der Waals surface area contributed by atoms with Gasteiger partial charge >= 0.3 is 0 Å². The van der Waals surface area contributed by atoms with Gasteiger partial charge in [0.2, 0.25) is 0 Å². The molecule has 4 heteroatoms. The third-order valence-electron chi connectivity index (χ3n) is 8.66. The molecule has 8 rings (SSSR count). The van der Waals surface area contributed by atoms with E-state index in [2.05, 4.69) is 122 Å². The Balaban J connectivity index is 1.34. The number of fused-ring (bicyclic) bond motifs is 5. The minimum atomic E-state index is -0.150. The van der Waals surface area contributed by atoms with E-state index in [4.69, 9.17) is 15.0 Å². The van der Waals surface area contributed by atoms with Crippen LogP contribution in [0.3, 0.4) is 0 Å². The summed E-state index contributed by atoms with van der Waals surface area (Å²) in [5, 5.41) is 1.26. The van der Waals surface area contributed by atoms with Crippen molar-refractivity contribution in [3.63, 3.8) is 0 Å².